The van der Waals surface area contributed by atoms with E-state index in [-0.39, 0.29) is 17.2 Å². The number of ether oxygens (including phenoxy) is 1. The van der Waals surface area contributed by atoms with E-state index in [1.165, 1.54) is 13.0 Å². The van der Waals surface area contributed by atoms with E-state index in [0.29, 0.717) is 0 Å². The fraction of sp³-hybridized carbons (Fsp3) is 0.273. The van der Waals surface area contributed by atoms with Crippen LogP contribution < -0.4 is 11.5 Å². The number of primary amides is 1. The lowest BCUT2D eigenvalue weighted by molar-refractivity contribution is -0.154. The summed E-state index contributed by atoms with van der Waals surface area (Å²) in [6, 6.07) is 3.35. The van der Waals surface area contributed by atoms with Crippen molar-refractivity contribution in [1.29, 1.82) is 0 Å². The average Bonchev–Trinajstić information content (AvgIpc) is 2.28. The molecule has 1 aromatic rings. The van der Waals surface area contributed by atoms with E-state index in [2.05, 4.69) is 4.74 Å². The Labute approximate surface area is 108 Å². The van der Waals surface area contributed by atoms with Crippen molar-refractivity contribution >= 4 is 23.5 Å². The Morgan fingerprint density at radius 3 is 2.56 bits per heavy atom. The summed E-state index contributed by atoms with van der Waals surface area (Å²) in [4.78, 5) is 23.1. The van der Waals surface area contributed by atoms with Crippen LogP contribution in [0, 0.1) is 5.82 Å². The summed E-state index contributed by atoms with van der Waals surface area (Å²) in [5.74, 6) is -3.22. The second kappa shape index (κ2) is 5.32. The second-order valence-corrected chi connectivity index (χ2v) is 3.95. The van der Waals surface area contributed by atoms with Gasteiger partial charge in [0.15, 0.2) is 0 Å². The highest BCUT2D eigenvalue weighted by molar-refractivity contribution is 6.30. The van der Waals surface area contributed by atoms with Gasteiger partial charge in [-0.2, -0.15) is 0 Å². The Bertz CT molecular complexity index is 495. The van der Waals surface area contributed by atoms with E-state index in [4.69, 9.17) is 23.1 Å². The largest absolute Gasteiger partial charge is 0.464 e. The standard InChI is InChI=1S/C11H12ClFN2O3/c1-2-18-10(17)11(15,9(14)16)7-4-3-6(12)5-8(7)13/h3-5H,2,15H2,1H3,(H2,14,16). The first-order chi connectivity index (χ1) is 8.33. The van der Waals surface area contributed by atoms with E-state index >= 15 is 0 Å². The minimum atomic E-state index is -2.37. The summed E-state index contributed by atoms with van der Waals surface area (Å²) < 4.78 is 18.4. The van der Waals surface area contributed by atoms with Crippen LogP contribution in [0.2, 0.25) is 5.02 Å². The van der Waals surface area contributed by atoms with E-state index in [0.717, 1.165) is 12.1 Å². The molecule has 0 radical (unpaired) electrons. The third kappa shape index (κ3) is 2.44. The van der Waals surface area contributed by atoms with Gasteiger partial charge >= 0.3 is 5.97 Å². The number of hydrogen-bond acceptors (Lipinski definition) is 4. The zero-order chi connectivity index (χ0) is 13.9. The maximum atomic E-state index is 13.7. The first-order valence-corrected chi connectivity index (χ1v) is 5.43. The Hall–Kier alpha value is -1.66. The number of carbonyl (C=O) groups is 2. The zero-order valence-corrected chi connectivity index (χ0v) is 10.3. The van der Waals surface area contributed by atoms with Crippen molar-refractivity contribution in [2.45, 2.75) is 12.5 Å². The van der Waals surface area contributed by atoms with Crippen LogP contribution in [0.5, 0.6) is 0 Å². The van der Waals surface area contributed by atoms with Crippen molar-refractivity contribution in [2.24, 2.45) is 11.5 Å². The maximum absolute atomic E-state index is 13.7. The van der Waals surface area contributed by atoms with Crippen LogP contribution in [-0.4, -0.2) is 18.5 Å². The molecule has 5 nitrogen and oxygen atoms in total. The molecule has 4 N–H and O–H groups in total. The summed E-state index contributed by atoms with van der Waals surface area (Å²) in [5, 5.41) is 0.104. The monoisotopic (exact) mass is 274 g/mol. The van der Waals surface area contributed by atoms with E-state index in [1.54, 1.807) is 0 Å². The molecule has 1 atom stereocenters. The number of halogens is 2. The molecule has 1 amide bonds. The molecule has 0 saturated carbocycles. The van der Waals surface area contributed by atoms with Crippen molar-refractivity contribution in [3.05, 3.63) is 34.6 Å². The maximum Gasteiger partial charge on any atom is 0.340 e. The van der Waals surface area contributed by atoms with Crippen LogP contribution in [0.15, 0.2) is 18.2 Å². The molecule has 0 saturated heterocycles. The molecule has 1 aromatic carbocycles. The Morgan fingerprint density at radius 1 is 1.50 bits per heavy atom. The van der Waals surface area contributed by atoms with Crippen LogP contribution >= 0.6 is 11.6 Å². The van der Waals surface area contributed by atoms with Crippen LogP contribution in [-0.2, 0) is 19.9 Å². The molecule has 0 aliphatic heterocycles. The van der Waals surface area contributed by atoms with Crippen LogP contribution in [0.1, 0.15) is 12.5 Å². The molecular weight excluding hydrogens is 263 g/mol. The molecule has 0 aromatic heterocycles. The molecule has 0 aliphatic rings. The van der Waals surface area contributed by atoms with E-state index < -0.39 is 23.2 Å². The van der Waals surface area contributed by atoms with Gasteiger partial charge in [0.1, 0.15) is 5.82 Å². The predicted octanol–water partition coefficient (Wildman–Crippen LogP) is 0.682. The quantitative estimate of drug-likeness (QED) is 0.623. The molecule has 0 heterocycles. The molecule has 98 valence electrons. The van der Waals surface area contributed by atoms with Gasteiger partial charge in [0.05, 0.1) is 6.61 Å². The third-order valence-electron chi connectivity index (χ3n) is 2.34. The van der Waals surface area contributed by atoms with Crippen molar-refractivity contribution in [1.82, 2.24) is 0 Å². The molecule has 7 heteroatoms. The van der Waals surface area contributed by atoms with Gasteiger partial charge in [0.2, 0.25) is 5.54 Å². The van der Waals surface area contributed by atoms with Gasteiger partial charge < -0.3 is 16.2 Å². The number of esters is 1. The number of amides is 1. The number of hydrogen-bond donors (Lipinski definition) is 2. The highest BCUT2D eigenvalue weighted by Gasteiger charge is 2.45. The molecule has 1 rings (SSSR count). The van der Waals surface area contributed by atoms with Crippen molar-refractivity contribution in [2.75, 3.05) is 6.61 Å². The molecule has 0 fully saturated rings. The first kappa shape index (κ1) is 14.4. The average molecular weight is 275 g/mol. The Morgan fingerprint density at radius 2 is 2.11 bits per heavy atom. The van der Waals surface area contributed by atoms with Gasteiger partial charge in [0.25, 0.3) is 5.91 Å². The summed E-state index contributed by atoms with van der Waals surface area (Å²) in [6.45, 7) is 1.51. The Balaban J connectivity index is 3.36. The second-order valence-electron chi connectivity index (χ2n) is 3.52. The zero-order valence-electron chi connectivity index (χ0n) is 9.57. The minimum Gasteiger partial charge on any atom is -0.464 e. The SMILES string of the molecule is CCOC(=O)C(N)(C(N)=O)c1ccc(Cl)cc1F. The number of benzene rings is 1. The van der Waals surface area contributed by atoms with Crippen LogP contribution in [0.3, 0.4) is 0 Å². The van der Waals surface area contributed by atoms with Crippen molar-refractivity contribution < 1.29 is 18.7 Å². The van der Waals surface area contributed by atoms with E-state index in [1.807, 2.05) is 0 Å². The summed E-state index contributed by atoms with van der Waals surface area (Å²) in [6.07, 6.45) is 0. The summed E-state index contributed by atoms with van der Waals surface area (Å²) in [5.41, 5.74) is 7.94. The smallest absolute Gasteiger partial charge is 0.340 e. The van der Waals surface area contributed by atoms with Gasteiger partial charge in [-0.15, -0.1) is 0 Å². The Kier molecular flexibility index (Phi) is 4.26. The van der Waals surface area contributed by atoms with Gasteiger partial charge in [-0.05, 0) is 19.1 Å². The van der Waals surface area contributed by atoms with Crippen LogP contribution in [0.4, 0.5) is 4.39 Å². The topological polar surface area (TPSA) is 95.4 Å². The summed E-state index contributed by atoms with van der Waals surface area (Å²) >= 11 is 5.57. The highest BCUT2D eigenvalue weighted by Crippen LogP contribution is 2.25. The van der Waals surface area contributed by atoms with Gasteiger partial charge in [-0.3, -0.25) is 4.79 Å². The molecule has 0 aliphatic carbocycles. The van der Waals surface area contributed by atoms with E-state index in [9.17, 15) is 14.0 Å². The fourth-order valence-electron chi connectivity index (χ4n) is 1.40. The minimum absolute atomic E-state index is 0.0136. The predicted molar refractivity (Wildman–Crippen MR) is 63.1 cm³/mol. The molecule has 18 heavy (non-hydrogen) atoms. The number of rotatable bonds is 4. The third-order valence-corrected chi connectivity index (χ3v) is 2.58. The van der Waals surface area contributed by atoms with Crippen molar-refractivity contribution in [3.8, 4) is 0 Å². The van der Waals surface area contributed by atoms with Gasteiger partial charge in [-0.25, -0.2) is 9.18 Å². The van der Waals surface area contributed by atoms with Crippen LogP contribution in [0.25, 0.3) is 0 Å². The van der Waals surface area contributed by atoms with Crippen molar-refractivity contribution in [3.63, 3.8) is 0 Å². The normalized spacial score (nSPS) is 13.8. The fourth-order valence-corrected chi connectivity index (χ4v) is 1.56. The molecule has 0 spiro atoms. The molecule has 1 unspecified atom stereocenters. The summed E-state index contributed by atoms with van der Waals surface area (Å²) in [7, 11) is 0. The first-order valence-electron chi connectivity index (χ1n) is 5.05. The highest BCUT2D eigenvalue weighted by atomic mass is 35.5. The van der Waals surface area contributed by atoms with Gasteiger partial charge in [0, 0.05) is 10.6 Å². The molecular formula is C11H12ClFN2O3. The lowest BCUT2D eigenvalue weighted by Gasteiger charge is -2.24. The molecule has 0 bridgehead atoms. The lowest BCUT2D eigenvalue weighted by Crippen LogP contribution is -2.56. The lowest BCUT2D eigenvalue weighted by atomic mass is 9.90. The number of carbonyl (C=O) groups excluding carboxylic acids is 2. The van der Waals surface area contributed by atoms with Gasteiger partial charge in [-0.1, -0.05) is 17.7 Å². The number of nitrogens with two attached hydrogens (primary N) is 2.